The van der Waals surface area contributed by atoms with Crippen LogP contribution in [0.15, 0.2) is 0 Å². The SMILES string of the molecule is CCCCCCCCCC(O)CCCCCCC(CC)S(=O)(=O)[O-].[K+]. The van der Waals surface area contributed by atoms with Crippen LogP contribution in [-0.2, 0) is 10.1 Å². The van der Waals surface area contributed by atoms with Crippen LogP contribution in [0.2, 0.25) is 0 Å². The molecule has 0 radical (unpaired) electrons. The van der Waals surface area contributed by atoms with E-state index in [1.54, 1.807) is 6.92 Å². The van der Waals surface area contributed by atoms with E-state index < -0.39 is 15.4 Å². The smallest absolute Gasteiger partial charge is 0.748 e. The summed E-state index contributed by atoms with van der Waals surface area (Å²) in [7, 11) is -4.13. The summed E-state index contributed by atoms with van der Waals surface area (Å²) >= 11 is 0. The van der Waals surface area contributed by atoms with Gasteiger partial charge in [0.05, 0.1) is 16.2 Å². The van der Waals surface area contributed by atoms with Gasteiger partial charge in [-0.25, -0.2) is 8.42 Å². The standard InChI is InChI=1S/C19H40O4S.K/c1-3-5-6-7-8-9-12-15-18(20)16-13-10-11-14-17-19(4-2)24(21,22)23;/h18-20H,3-17H2,1-2H3,(H,21,22,23);/q;+1/p-1. The van der Waals surface area contributed by atoms with Gasteiger partial charge >= 0.3 is 51.4 Å². The van der Waals surface area contributed by atoms with E-state index in [9.17, 15) is 18.1 Å². The van der Waals surface area contributed by atoms with Crippen molar-refractivity contribution in [3.8, 4) is 0 Å². The van der Waals surface area contributed by atoms with Crippen LogP contribution >= 0.6 is 0 Å². The Balaban J connectivity index is 0. The Bertz CT molecular complexity index is 374. The number of hydrogen-bond acceptors (Lipinski definition) is 4. The molecule has 0 aromatic carbocycles. The van der Waals surface area contributed by atoms with Gasteiger partial charge < -0.3 is 9.66 Å². The zero-order chi connectivity index (χ0) is 18.3. The van der Waals surface area contributed by atoms with Gasteiger partial charge in [0.1, 0.15) is 0 Å². The van der Waals surface area contributed by atoms with Crippen molar-refractivity contribution in [3.05, 3.63) is 0 Å². The van der Waals surface area contributed by atoms with Crippen LogP contribution in [0.4, 0.5) is 0 Å². The minimum Gasteiger partial charge on any atom is -0.748 e. The predicted molar refractivity (Wildman–Crippen MR) is 100 cm³/mol. The number of rotatable bonds is 17. The molecule has 0 aromatic heterocycles. The molecule has 6 heteroatoms. The molecule has 0 fully saturated rings. The van der Waals surface area contributed by atoms with Crippen molar-refractivity contribution in [2.45, 2.75) is 122 Å². The van der Waals surface area contributed by atoms with Crippen LogP contribution in [0.1, 0.15) is 110 Å². The topological polar surface area (TPSA) is 77.4 Å². The van der Waals surface area contributed by atoms with E-state index in [0.29, 0.717) is 12.8 Å². The van der Waals surface area contributed by atoms with Crippen LogP contribution < -0.4 is 51.4 Å². The van der Waals surface area contributed by atoms with Gasteiger partial charge in [0, 0.05) is 5.25 Å². The Labute approximate surface area is 199 Å². The Kier molecular flexibility index (Phi) is 21.7. The Hall–Kier alpha value is 1.51. The van der Waals surface area contributed by atoms with E-state index >= 15 is 0 Å². The second-order valence-corrected chi connectivity index (χ2v) is 8.73. The summed E-state index contributed by atoms with van der Waals surface area (Å²) < 4.78 is 32.9. The van der Waals surface area contributed by atoms with Crippen molar-refractivity contribution in [1.82, 2.24) is 0 Å². The quantitative estimate of drug-likeness (QED) is 0.230. The molecule has 0 heterocycles. The predicted octanol–water partition coefficient (Wildman–Crippen LogP) is 2.16. The molecule has 2 atom stereocenters. The summed E-state index contributed by atoms with van der Waals surface area (Å²) in [6, 6.07) is 0. The van der Waals surface area contributed by atoms with E-state index in [-0.39, 0.29) is 57.5 Å². The summed E-state index contributed by atoms with van der Waals surface area (Å²) in [5.74, 6) is 0. The van der Waals surface area contributed by atoms with Gasteiger partial charge in [-0.15, -0.1) is 0 Å². The fourth-order valence-corrected chi connectivity index (χ4v) is 4.00. The summed E-state index contributed by atoms with van der Waals surface area (Å²) in [5.41, 5.74) is 0. The molecule has 4 nitrogen and oxygen atoms in total. The van der Waals surface area contributed by atoms with Crippen molar-refractivity contribution < 1.29 is 69.5 Å². The molecule has 0 spiro atoms. The maximum Gasteiger partial charge on any atom is 1.00 e. The Morgan fingerprint density at radius 1 is 0.760 bits per heavy atom. The number of aliphatic hydroxyl groups is 1. The molecule has 0 saturated carbocycles. The molecular formula is C19H39KO4S. The second kappa shape index (κ2) is 18.9. The average molecular weight is 403 g/mol. The van der Waals surface area contributed by atoms with Crippen molar-refractivity contribution in [1.29, 1.82) is 0 Å². The largest absolute Gasteiger partial charge is 1.00 e. The van der Waals surface area contributed by atoms with Gasteiger partial charge in [-0.2, -0.15) is 0 Å². The van der Waals surface area contributed by atoms with Crippen LogP contribution in [-0.4, -0.2) is 29.4 Å². The minimum absolute atomic E-state index is 0. The molecule has 0 rings (SSSR count). The third-order valence-corrected chi connectivity index (χ3v) is 6.20. The van der Waals surface area contributed by atoms with E-state index in [1.165, 1.54) is 38.5 Å². The Morgan fingerprint density at radius 3 is 1.56 bits per heavy atom. The third kappa shape index (κ3) is 18.6. The number of aliphatic hydroxyl groups excluding tert-OH is 1. The van der Waals surface area contributed by atoms with E-state index in [1.807, 2.05) is 0 Å². The fourth-order valence-electron chi connectivity index (χ4n) is 3.14. The fraction of sp³-hybridized carbons (Fsp3) is 1.00. The van der Waals surface area contributed by atoms with Crippen molar-refractivity contribution >= 4 is 10.1 Å². The minimum atomic E-state index is -4.13. The maximum atomic E-state index is 11.0. The summed E-state index contributed by atoms with van der Waals surface area (Å²) in [6.07, 6.45) is 15.1. The normalized spacial score (nSPS) is 14.1. The number of hydrogen-bond donors (Lipinski definition) is 1. The van der Waals surface area contributed by atoms with Gasteiger partial charge in [0.2, 0.25) is 0 Å². The molecule has 0 aliphatic heterocycles. The molecule has 0 saturated heterocycles. The monoisotopic (exact) mass is 402 g/mol. The Morgan fingerprint density at radius 2 is 1.16 bits per heavy atom. The summed E-state index contributed by atoms with van der Waals surface area (Å²) in [5, 5.41) is 9.24. The van der Waals surface area contributed by atoms with Crippen LogP contribution in [0.3, 0.4) is 0 Å². The molecular weight excluding hydrogens is 363 g/mol. The van der Waals surface area contributed by atoms with E-state index in [4.69, 9.17) is 0 Å². The molecule has 1 N–H and O–H groups in total. The molecule has 0 aromatic rings. The molecule has 0 amide bonds. The van der Waals surface area contributed by atoms with Gasteiger partial charge in [0.15, 0.2) is 0 Å². The first kappa shape index (κ1) is 28.7. The summed E-state index contributed by atoms with van der Waals surface area (Å²) in [6.45, 7) is 3.98. The maximum absolute atomic E-state index is 11.0. The molecule has 2 unspecified atom stereocenters. The van der Waals surface area contributed by atoms with Crippen molar-refractivity contribution in [2.24, 2.45) is 0 Å². The molecule has 25 heavy (non-hydrogen) atoms. The van der Waals surface area contributed by atoms with Crippen LogP contribution in [0, 0.1) is 0 Å². The molecule has 0 aliphatic carbocycles. The van der Waals surface area contributed by atoms with Crippen LogP contribution in [0.5, 0.6) is 0 Å². The second-order valence-electron chi connectivity index (χ2n) is 7.08. The molecule has 0 bridgehead atoms. The zero-order valence-electron chi connectivity index (χ0n) is 16.8. The van der Waals surface area contributed by atoms with Gasteiger partial charge in [-0.3, -0.25) is 0 Å². The van der Waals surface area contributed by atoms with Crippen molar-refractivity contribution in [2.75, 3.05) is 0 Å². The molecule has 146 valence electrons. The molecule has 0 aliphatic rings. The third-order valence-electron chi connectivity index (χ3n) is 4.82. The van der Waals surface area contributed by atoms with Crippen molar-refractivity contribution in [3.63, 3.8) is 0 Å². The van der Waals surface area contributed by atoms with Gasteiger partial charge in [0.25, 0.3) is 0 Å². The first-order valence-electron chi connectivity index (χ1n) is 10.0. The van der Waals surface area contributed by atoms with E-state index in [0.717, 1.165) is 44.9 Å². The van der Waals surface area contributed by atoms with E-state index in [2.05, 4.69) is 6.92 Å². The van der Waals surface area contributed by atoms with Crippen LogP contribution in [0.25, 0.3) is 0 Å². The first-order chi connectivity index (χ1) is 11.4. The average Bonchev–Trinajstić information content (AvgIpc) is 2.52. The number of unbranched alkanes of at least 4 members (excludes halogenated alkanes) is 9. The summed E-state index contributed by atoms with van der Waals surface area (Å²) in [4.78, 5) is 0. The zero-order valence-corrected chi connectivity index (χ0v) is 20.8. The van der Waals surface area contributed by atoms with Gasteiger partial charge in [-0.1, -0.05) is 84.5 Å². The first-order valence-corrected chi connectivity index (χ1v) is 11.5. The van der Waals surface area contributed by atoms with Gasteiger partial charge in [-0.05, 0) is 25.7 Å².